The molecule has 94 valence electrons. The van der Waals surface area contributed by atoms with Crippen LogP contribution in [0.4, 0.5) is 0 Å². The van der Waals surface area contributed by atoms with Crippen LogP contribution in [-0.2, 0) is 14.2 Å². The molecule has 2 rings (SSSR count). The van der Waals surface area contributed by atoms with Crippen molar-refractivity contribution in [2.75, 3.05) is 25.2 Å². The molecule has 0 aliphatic carbocycles. The highest BCUT2D eigenvalue weighted by Crippen LogP contribution is 2.47. The molecule has 0 saturated carbocycles. The SMILES string of the molecule is CSCCOC12OC1C(O)C(O)[C@@H](CO)O2. The molecule has 6 nitrogen and oxygen atoms in total. The summed E-state index contributed by atoms with van der Waals surface area (Å²) in [5, 5.41) is 28.2. The number of epoxide rings is 1. The molecule has 2 heterocycles. The summed E-state index contributed by atoms with van der Waals surface area (Å²) in [7, 11) is 0. The molecule has 0 radical (unpaired) electrons. The Kier molecular flexibility index (Phi) is 3.75. The lowest BCUT2D eigenvalue weighted by Crippen LogP contribution is -2.53. The van der Waals surface area contributed by atoms with E-state index in [1.807, 2.05) is 6.26 Å². The van der Waals surface area contributed by atoms with Crippen LogP contribution in [0.25, 0.3) is 0 Å². The molecule has 2 aliphatic rings. The number of fused-ring (bicyclic) bond motifs is 1. The first kappa shape index (κ1) is 12.6. The van der Waals surface area contributed by atoms with E-state index in [4.69, 9.17) is 19.3 Å². The van der Waals surface area contributed by atoms with Gasteiger partial charge in [-0.25, -0.2) is 0 Å². The number of thioether (sulfide) groups is 1. The number of aliphatic hydroxyl groups is 3. The molecule has 4 unspecified atom stereocenters. The Morgan fingerprint density at radius 3 is 2.69 bits per heavy atom. The van der Waals surface area contributed by atoms with E-state index in [-0.39, 0.29) is 6.61 Å². The molecule has 0 aromatic carbocycles. The molecule has 2 aliphatic heterocycles. The largest absolute Gasteiger partial charge is 0.394 e. The summed E-state index contributed by atoms with van der Waals surface area (Å²) in [5.41, 5.74) is 0. The van der Waals surface area contributed by atoms with Gasteiger partial charge in [-0.15, -0.1) is 0 Å². The zero-order valence-corrected chi connectivity index (χ0v) is 9.72. The van der Waals surface area contributed by atoms with E-state index in [0.29, 0.717) is 6.61 Å². The maximum absolute atomic E-state index is 9.66. The van der Waals surface area contributed by atoms with Crippen molar-refractivity contribution in [2.45, 2.75) is 30.4 Å². The molecule has 0 amide bonds. The van der Waals surface area contributed by atoms with Crippen LogP contribution in [0.2, 0.25) is 0 Å². The van der Waals surface area contributed by atoms with E-state index in [9.17, 15) is 10.2 Å². The van der Waals surface area contributed by atoms with Crippen LogP contribution in [0, 0.1) is 0 Å². The zero-order valence-electron chi connectivity index (χ0n) is 8.91. The predicted octanol–water partition coefficient (Wildman–Crippen LogP) is -1.47. The number of hydrogen-bond acceptors (Lipinski definition) is 7. The van der Waals surface area contributed by atoms with Gasteiger partial charge < -0.3 is 29.5 Å². The molecule has 16 heavy (non-hydrogen) atoms. The van der Waals surface area contributed by atoms with Crippen LogP contribution in [0.15, 0.2) is 0 Å². The summed E-state index contributed by atoms with van der Waals surface area (Å²) in [6.45, 7) is 0.0422. The van der Waals surface area contributed by atoms with E-state index in [2.05, 4.69) is 0 Å². The van der Waals surface area contributed by atoms with E-state index in [1.165, 1.54) is 0 Å². The minimum absolute atomic E-state index is 0.387. The summed E-state index contributed by atoms with van der Waals surface area (Å²) < 4.78 is 15.9. The van der Waals surface area contributed by atoms with Gasteiger partial charge >= 0.3 is 5.97 Å². The second-order valence-corrected chi connectivity index (χ2v) is 4.79. The van der Waals surface area contributed by atoms with Gasteiger partial charge in [0.2, 0.25) is 0 Å². The topological polar surface area (TPSA) is 91.7 Å². The standard InChI is InChI=1S/C9H16O6S/c1-16-3-2-13-9-8(15-9)7(12)6(11)5(4-10)14-9/h5-8,10-12H,2-4H2,1H3/t5-,6?,7?,8?,9?/m1/s1. The van der Waals surface area contributed by atoms with Crippen LogP contribution in [0.3, 0.4) is 0 Å². The minimum Gasteiger partial charge on any atom is -0.394 e. The maximum Gasteiger partial charge on any atom is 0.315 e. The number of aliphatic hydroxyl groups excluding tert-OH is 3. The van der Waals surface area contributed by atoms with Gasteiger partial charge in [-0.05, 0) is 6.26 Å². The molecule has 0 aromatic heterocycles. The Morgan fingerprint density at radius 2 is 2.06 bits per heavy atom. The van der Waals surface area contributed by atoms with Crippen LogP contribution in [-0.4, -0.2) is 70.9 Å². The Morgan fingerprint density at radius 1 is 1.31 bits per heavy atom. The lowest BCUT2D eigenvalue weighted by Gasteiger charge is -2.32. The van der Waals surface area contributed by atoms with E-state index < -0.39 is 30.4 Å². The van der Waals surface area contributed by atoms with Crippen molar-refractivity contribution in [1.82, 2.24) is 0 Å². The lowest BCUT2D eigenvalue weighted by molar-refractivity contribution is -0.285. The summed E-state index contributed by atoms with van der Waals surface area (Å²) in [4.78, 5) is 0. The summed E-state index contributed by atoms with van der Waals surface area (Å²) >= 11 is 1.62. The van der Waals surface area contributed by atoms with Crippen molar-refractivity contribution in [3.05, 3.63) is 0 Å². The van der Waals surface area contributed by atoms with Gasteiger partial charge in [0.05, 0.1) is 13.2 Å². The van der Waals surface area contributed by atoms with Crippen LogP contribution < -0.4 is 0 Å². The molecule has 0 bridgehead atoms. The molecular weight excluding hydrogens is 236 g/mol. The monoisotopic (exact) mass is 252 g/mol. The highest BCUT2D eigenvalue weighted by atomic mass is 32.2. The molecular formula is C9H16O6S. The second-order valence-electron chi connectivity index (χ2n) is 3.80. The number of ether oxygens (including phenoxy) is 3. The third kappa shape index (κ3) is 2.08. The molecule has 7 heteroatoms. The average Bonchev–Trinajstić information content (AvgIpc) is 2.99. The second kappa shape index (κ2) is 4.77. The summed E-state index contributed by atoms with van der Waals surface area (Å²) in [5.74, 6) is -0.481. The van der Waals surface area contributed by atoms with Gasteiger partial charge in [0.25, 0.3) is 0 Å². The number of rotatable bonds is 5. The Balaban J connectivity index is 1.93. The first-order chi connectivity index (χ1) is 7.64. The zero-order chi connectivity index (χ0) is 11.8. The molecule has 2 fully saturated rings. The molecule has 3 N–H and O–H groups in total. The third-order valence-electron chi connectivity index (χ3n) is 2.71. The highest BCUT2D eigenvalue weighted by molar-refractivity contribution is 7.98. The fourth-order valence-electron chi connectivity index (χ4n) is 1.76. The van der Waals surface area contributed by atoms with E-state index >= 15 is 0 Å². The molecule has 0 aromatic rings. The van der Waals surface area contributed by atoms with Crippen LogP contribution in [0.1, 0.15) is 0 Å². The molecule has 5 atom stereocenters. The van der Waals surface area contributed by atoms with Crippen molar-refractivity contribution >= 4 is 11.8 Å². The lowest BCUT2D eigenvalue weighted by atomic mass is 10.0. The predicted molar refractivity (Wildman–Crippen MR) is 55.9 cm³/mol. The van der Waals surface area contributed by atoms with Crippen molar-refractivity contribution in [3.8, 4) is 0 Å². The maximum atomic E-state index is 9.66. The first-order valence-electron chi connectivity index (χ1n) is 5.10. The van der Waals surface area contributed by atoms with Gasteiger partial charge in [-0.1, -0.05) is 0 Å². The van der Waals surface area contributed by atoms with Gasteiger partial charge in [-0.2, -0.15) is 11.8 Å². The minimum atomic E-state index is -1.26. The molecule has 2 saturated heterocycles. The van der Waals surface area contributed by atoms with Gasteiger partial charge in [-0.3, -0.25) is 0 Å². The van der Waals surface area contributed by atoms with Crippen molar-refractivity contribution in [1.29, 1.82) is 0 Å². The van der Waals surface area contributed by atoms with Gasteiger partial charge in [0, 0.05) is 5.75 Å². The Hall–Kier alpha value is 0.110. The average molecular weight is 252 g/mol. The number of hydrogen-bond donors (Lipinski definition) is 3. The summed E-state index contributed by atoms with van der Waals surface area (Å²) in [6, 6.07) is 0. The van der Waals surface area contributed by atoms with Crippen molar-refractivity contribution < 1.29 is 29.5 Å². The Labute approximate surface area is 97.5 Å². The van der Waals surface area contributed by atoms with Gasteiger partial charge in [0.1, 0.15) is 18.3 Å². The molecule has 0 spiro atoms. The third-order valence-corrected chi connectivity index (χ3v) is 3.28. The smallest absolute Gasteiger partial charge is 0.315 e. The fourth-order valence-corrected chi connectivity index (χ4v) is 2.01. The van der Waals surface area contributed by atoms with Gasteiger partial charge in [0.15, 0.2) is 6.10 Å². The van der Waals surface area contributed by atoms with Crippen LogP contribution >= 0.6 is 11.8 Å². The summed E-state index contributed by atoms with van der Waals surface area (Å²) in [6.07, 6.45) is -1.81. The quantitative estimate of drug-likeness (QED) is 0.406. The van der Waals surface area contributed by atoms with E-state index in [1.54, 1.807) is 11.8 Å². The fraction of sp³-hybridized carbons (Fsp3) is 1.00. The van der Waals surface area contributed by atoms with Crippen molar-refractivity contribution in [2.24, 2.45) is 0 Å². The Bertz CT molecular complexity index is 252. The van der Waals surface area contributed by atoms with Crippen molar-refractivity contribution in [3.63, 3.8) is 0 Å². The van der Waals surface area contributed by atoms with E-state index in [0.717, 1.165) is 5.75 Å². The highest BCUT2D eigenvalue weighted by Gasteiger charge is 2.70. The van der Waals surface area contributed by atoms with Crippen LogP contribution in [0.5, 0.6) is 0 Å². The normalized spacial score (nSPS) is 46.5. The first-order valence-corrected chi connectivity index (χ1v) is 6.49.